The predicted molar refractivity (Wildman–Crippen MR) is 72.3 cm³/mol. The lowest BCUT2D eigenvalue weighted by molar-refractivity contribution is -0.385. The molecule has 20 heavy (non-hydrogen) atoms. The highest BCUT2D eigenvalue weighted by Gasteiger charge is 2.30. The maximum absolute atomic E-state index is 13.5. The fourth-order valence-corrected chi connectivity index (χ4v) is 2.37. The van der Waals surface area contributed by atoms with Gasteiger partial charge >= 0.3 is 0 Å². The van der Waals surface area contributed by atoms with Gasteiger partial charge in [-0.3, -0.25) is 14.9 Å². The molecule has 1 amide bonds. The zero-order valence-corrected chi connectivity index (χ0v) is 11.3. The topological polar surface area (TPSA) is 84.3 Å². The maximum Gasteiger partial charge on any atom is 0.285 e. The van der Waals surface area contributed by atoms with Crippen molar-refractivity contribution >= 4 is 17.3 Å². The smallest absolute Gasteiger partial charge is 0.285 e. The van der Waals surface area contributed by atoms with Gasteiger partial charge in [-0.2, -0.15) is 0 Å². The number of halogens is 1. The minimum absolute atomic E-state index is 0.0418. The van der Waals surface area contributed by atoms with Gasteiger partial charge in [-0.1, -0.05) is 6.92 Å². The number of hydrogen-bond acceptors (Lipinski definition) is 4. The van der Waals surface area contributed by atoms with Crippen LogP contribution in [0, 0.1) is 21.8 Å². The van der Waals surface area contributed by atoms with Crippen LogP contribution in [0.2, 0.25) is 0 Å². The summed E-state index contributed by atoms with van der Waals surface area (Å²) in [6.45, 7) is 2.07. The summed E-state index contributed by atoms with van der Waals surface area (Å²) in [7, 11) is 1.49. The molecule has 0 aromatic heterocycles. The van der Waals surface area contributed by atoms with Gasteiger partial charge in [0.1, 0.15) is 5.56 Å². The van der Waals surface area contributed by atoms with Gasteiger partial charge in [-0.25, -0.2) is 4.39 Å². The van der Waals surface area contributed by atoms with E-state index < -0.39 is 22.3 Å². The van der Waals surface area contributed by atoms with Crippen molar-refractivity contribution in [2.45, 2.75) is 25.8 Å². The number of carbonyl (C=O) groups excluding carboxylic acids is 1. The van der Waals surface area contributed by atoms with Crippen molar-refractivity contribution in [3.63, 3.8) is 0 Å². The minimum Gasteiger partial charge on any atom is -0.386 e. The van der Waals surface area contributed by atoms with Crippen LogP contribution in [0.3, 0.4) is 0 Å². The van der Waals surface area contributed by atoms with Crippen LogP contribution in [0.15, 0.2) is 12.1 Å². The van der Waals surface area contributed by atoms with Crippen LogP contribution in [-0.2, 0) is 0 Å². The highest BCUT2D eigenvalue weighted by molar-refractivity contribution is 5.99. The second-order valence-corrected chi connectivity index (χ2v) is 5.10. The summed E-state index contributed by atoms with van der Waals surface area (Å²) in [4.78, 5) is 22.3. The number of anilines is 1. The van der Waals surface area contributed by atoms with E-state index in [1.54, 1.807) is 0 Å². The minimum atomic E-state index is -0.756. The molecule has 108 valence electrons. The molecule has 1 aliphatic carbocycles. The van der Waals surface area contributed by atoms with Crippen molar-refractivity contribution in [1.82, 2.24) is 5.32 Å². The molecule has 1 aromatic rings. The molecule has 0 spiro atoms. The number of hydrogen-bond donors (Lipinski definition) is 2. The molecule has 0 aliphatic heterocycles. The molecule has 7 heteroatoms. The molecule has 1 aromatic carbocycles. The molecule has 2 rings (SSSR count). The Kier molecular flexibility index (Phi) is 3.87. The number of rotatable bonds is 4. The van der Waals surface area contributed by atoms with Gasteiger partial charge in [0.2, 0.25) is 0 Å². The van der Waals surface area contributed by atoms with E-state index in [9.17, 15) is 19.3 Å². The molecule has 0 heterocycles. The average molecular weight is 281 g/mol. The maximum atomic E-state index is 13.5. The Bertz CT molecular complexity index is 556. The average Bonchev–Trinajstić information content (AvgIpc) is 2.36. The summed E-state index contributed by atoms with van der Waals surface area (Å²) in [6, 6.07) is 1.98. The second kappa shape index (κ2) is 5.44. The highest BCUT2D eigenvalue weighted by atomic mass is 19.1. The lowest BCUT2D eigenvalue weighted by Gasteiger charge is -2.33. The molecule has 2 N–H and O–H groups in total. The van der Waals surface area contributed by atoms with E-state index in [4.69, 9.17) is 0 Å². The van der Waals surface area contributed by atoms with Crippen molar-refractivity contribution < 1.29 is 14.1 Å². The van der Waals surface area contributed by atoms with Crippen molar-refractivity contribution in [2.24, 2.45) is 5.92 Å². The Balaban J connectivity index is 2.28. The van der Waals surface area contributed by atoms with E-state index >= 15 is 0 Å². The summed E-state index contributed by atoms with van der Waals surface area (Å²) in [5.74, 6) is -0.741. The first kappa shape index (κ1) is 14.2. The first-order valence-corrected chi connectivity index (χ1v) is 6.39. The summed E-state index contributed by atoms with van der Waals surface area (Å²) in [6.07, 6.45) is 1.72. The number of amides is 1. The van der Waals surface area contributed by atoms with Crippen molar-refractivity contribution in [1.29, 1.82) is 0 Å². The van der Waals surface area contributed by atoms with Crippen LogP contribution in [0.1, 0.15) is 30.1 Å². The van der Waals surface area contributed by atoms with Gasteiger partial charge in [0.05, 0.1) is 16.7 Å². The Morgan fingerprint density at radius 1 is 1.45 bits per heavy atom. The number of nitrogens with one attached hydrogen (secondary N) is 2. The van der Waals surface area contributed by atoms with Crippen LogP contribution in [0.4, 0.5) is 15.8 Å². The summed E-state index contributed by atoms with van der Waals surface area (Å²) in [5.41, 5.74) is -0.589. The molecule has 6 nitrogen and oxygen atoms in total. The molecule has 0 atom stereocenters. The van der Waals surface area contributed by atoms with E-state index in [1.807, 2.05) is 0 Å². The quantitative estimate of drug-likeness (QED) is 0.655. The van der Waals surface area contributed by atoms with Crippen molar-refractivity contribution in [3.05, 3.63) is 33.6 Å². The summed E-state index contributed by atoms with van der Waals surface area (Å²) >= 11 is 0. The second-order valence-electron chi connectivity index (χ2n) is 5.10. The lowest BCUT2D eigenvalue weighted by Crippen LogP contribution is -2.43. The van der Waals surface area contributed by atoms with Gasteiger partial charge in [-0.15, -0.1) is 0 Å². The first-order valence-electron chi connectivity index (χ1n) is 6.39. The molecular formula is C13H16FN3O3. The van der Waals surface area contributed by atoms with E-state index in [0.29, 0.717) is 5.92 Å². The molecular weight excluding hydrogens is 265 g/mol. The van der Waals surface area contributed by atoms with E-state index in [-0.39, 0.29) is 17.3 Å². The molecule has 0 unspecified atom stereocenters. The SMILES string of the molecule is CNc1cc(C(=O)NC2CC(C)C2)c([N+](=O)[O-])cc1F. The number of nitrogens with zero attached hydrogens (tertiary/aromatic N) is 1. The largest absolute Gasteiger partial charge is 0.386 e. The number of benzene rings is 1. The van der Waals surface area contributed by atoms with Gasteiger partial charge in [0.25, 0.3) is 11.6 Å². The van der Waals surface area contributed by atoms with Gasteiger partial charge < -0.3 is 10.6 Å². The van der Waals surface area contributed by atoms with Gasteiger partial charge in [0.15, 0.2) is 5.82 Å². The third kappa shape index (κ3) is 2.71. The number of carbonyl (C=O) groups is 1. The zero-order valence-electron chi connectivity index (χ0n) is 11.3. The van der Waals surface area contributed by atoms with Crippen molar-refractivity contribution in [3.8, 4) is 0 Å². The van der Waals surface area contributed by atoms with Crippen LogP contribution in [-0.4, -0.2) is 23.9 Å². The van der Waals surface area contributed by atoms with Crippen molar-refractivity contribution in [2.75, 3.05) is 12.4 Å². The predicted octanol–water partition coefficient (Wildman–Crippen LogP) is 2.30. The number of nitro benzene ring substituents is 1. The Morgan fingerprint density at radius 3 is 2.60 bits per heavy atom. The van der Waals surface area contributed by atoms with Crippen LogP contribution in [0.25, 0.3) is 0 Å². The highest BCUT2D eigenvalue weighted by Crippen LogP contribution is 2.29. The van der Waals surface area contributed by atoms with Crippen LogP contribution in [0.5, 0.6) is 0 Å². The molecule has 1 fully saturated rings. The third-order valence-corrected chi connectivity index (χ3v) is 3.51. The monoisotopic (exact) mass is 281 g/mol. The molecule has 0 saturated heterocycles. The molecule has 1 aliphatic rings. The Hall–Kier alpha value is -2.18. The van der Waals surface area contributed by atoms with Gasteiger partial charge in [-0.05, 0) is 24.8 Å². The molecule has 1 saturated carbocycles. The fraction of sp³-hybridized carbons (Fsp3) is 0.462. The fourth-order valence-electron chi connectivity index (χ4n) is 2.37. The summed E-state index contributed by atoms with van der Waals surface area (Å²) in [5, 5.41) is 16.2. The van der Waals surface area contributed by atoms with E-state index in [2.05, 4.69) is 17.6 Å². The molecule has 0 radical (unpaired) electrons. The normalized spacial score (nSPS) is 20.9. The Morgan fingerprint density at radius 2 is 2.10 bits per heavy atom. The van der Waals surface area contributed by atoms with Crippen LogP contribution < -0.4 is 10.6 Å². The molecule has 0 bridgehead atoms. The zero-order chi connectivity index (χ0) is 14.9. The Labute approximate surface area is 115 Å². The van der Waals surface area contributed by atoms with E-state index in [1.165, 1.54) is 13.1 Å². The summed E-state index contributed by atoms with van der Waals surface area (Å²) < 4.78 is 13.5. The standard InChI is InChI=1S/C13H16FN3O3/c1-7-3-8(4-7)16-13(18)9-5-11(15-2)10(14)6-12(9)17(19)20/h5-8,15H,3-4H2,1-2H3,(H,16,18). The first-order chi connectivity index (χ1) is 9.42. The third-order valence-electron chi connectivity index (χ3n) is 3.51. The van der Waals surface area contributed by atoms with Crippen LogP contribution >= 0.6 is 0 Å². The van der Waals surface area contributed by atoms with Gasteiger partial charge in [0, 0.05) is 13.1 Å². The lowest BCUT2D eigenvalue weighted by atomic mass is 9.82. The van der Waals surface area contributed by atoms with E-state index in [0.717, 1.165) is 18.9 Å². The number of nitro groups is 1.